The van der Waals surface area contributed by atoms with Crippen LogP contribution in [0, 0.1) is 12.7 Å². The summed E-state index contributed by atoms with van der Waals surface area (Å²) >= 11 is 1.18. The van der Waals surface area contributed by atoms with Crippen LogP contribution in [0.1, 0.15) is 5.56 Å². The van der Waals surface area contributed by atoms with Gasteiger partial charge in [0, 0.05) is 4.90 Å². The van der Waals surface area contributed by atoms with Crippen LogP contribution in [-0.2, 0) is 0 Å². The summed E-state index contributed by atoms with van der Waals surface area (Å²) in [4.78, 5) is 12.5. The van der Waals surface area contributed by atoms with E-state index >= 15 is 0 Å². The Hall–Kier alpha value is -2.01. The van der Waals surface area contributed by atoms with Gasteiger partial charge in [0.25, 0.3) is 0 Å². The number of hydrogen-bond donors (Lipinski definition) is 2. The van der Waals surface area contributed by atoms with Crippen molar-refractivity contribution in [3.05, 3.63) is 59.9 Å². The van der Waals surface area contributed by atoms with Crippen LogP contribution in [0.4, 0.5) is 14.9 Å². The Kier molecular flexibility index (Phi) is 4.41. The average molecular weight is 276 g/mol. The van der Waals surface area contributed by atoms with Gasteiger partial charge in [0.2, 0.25) is 0 Å². The number of amides is 2. The molecule has 0 saturated heterocycles. The number of para-hydroxylation sites is 1. The van der Waals surface area contributed by atoms with E-state index in [1.807, 2.05) is 31.2 Å². The van der Waals surface area contributed by atoms with Crippen molar-refractivity contribution in [3.63, 3.8) is 0 Å². The highest BCUT2D eigenvalue weighted by atomic mass is 32.2. The summed E-state index contributed by atoms with van der Waals surface area (Å²) < 4.78 is 15.9. The van der Waals surface area contributed by atoms with Crippen molar-refractivity contribution in [1.29, 1.82) is 0 Å². The third kappa shape index (κ3) is 3.99. The largest absolute Gasteiger partial charge is 0.329 e. The number of anilines is 1. The summed E-state index contributed by atoms with van der Waals surface area (Å²) in [6.07, 6.45) is 0. The van der Waals surface area contributed by atoms with Gasteiger partial charge in [0.15, 0.2) is 0 Å². The van der Waals surface area contributed by atoms with Crippen LogP contribution < -0.4 is 10.0 Å². The van der Waals surface area contributed by atoms with Crippen LogP contribution in [0.15, 0.2) is 53.4 Å². The lowest BCUT2D eigenvalue weighted by Crippen LogP contribution is -2.23. The maximum absolute atomic E-state index is 13.3. The topological polar surface area (TPSA) is 41.1 Å². The fraction of sp³-hybridized carbons (Fsp3) is 0.0714. The summed E-state index contributed by atoms with van der Waals surface area (Å²) in [5.41, 5.74) is 1.31. The van der Waals surface area contributed by atoms with E-state index < -0.39 is 11.8 Å². The van der Waals surface area contributed by atoms with E-state index in [-0.39, 0.29) is 5.69 Å². The molecule has 0 aliphatic carbocycles. The summed E-state index contributed by atoms with van der Waals surface area (Å²) in [5.74, 6) is -0.460. The monoisotopic (exact) mass is 276 g/mol. The van der Waals surface area contributed by atoms with E-state index in [4.69, 9.17) is 0 Å². The van der Waals surface area contributed by atoms with Crippen LogP contribution >= 0.6 is 11.9 Å². The highest BCUT2D eigenvalue weighted by Crippen LogP contribution is 2.16. The van der Waals surface area contributed by atoms with Gasteiger partial charge in [-0.2, -0.15) is 0 Å². The van der Waals surface area contributed by atoms with E-state index in [0.29, 0.717) is 0 Å². The third-order valence-corrected chi connectivity index (χ3v) is 3.20. The Morgan fingerprint density at radius 1 is 1.11 bits per heavy atom. The molecular weight excluding hydrogens is 263 g/mol. The third-order valence-electron chi connectivity index (χ3n) is 2.40. The molecule has 2 aromatic carbocycles. The summed E-state index contributed by atoms with van der Waals surface area (Å²) in [6, 6.07) is 13.3. The molecule has 0 saturated carbocycles. The molecule has 0 aromatic heterocycles. The van der Waals surface area contributed by atoms with Crippen LogP contribution in [0.3, 0.4) is 0 Å². The smallest absolute Gasteiger partial charge is 0.305 e. The predicted octanol–water partition coefficient (Wildman–Crippen LogP) is 3.96. The Balaban J connectivity index is 1.88. The van der Waals surface area contributed by atoms with Crippen molar-refractivity contribution in [2.24, 2.45) is 0 Å². The Morgan fingerprint density at radius 2 is 1.79 bits per heavy atom. The molecule has 0 heterocycles. The minimum atomic E-state index is -0.462. The maximum Gasteiger partial charge on any atom is 0.329 e. The van der Waals surface area contributed by atoms with Crippen molar-refractivity contribution in [2.75, 3.05) is 5.32 Å². The molecule has 5 heteroatoms. The van der Waals surface area contributed by atoms with Gasteiger partial charge in [-0.05, 0) is 43.1 Å². The van der Waals surface area contributed by atoms with Crippen molar-refractivity contribution in [1.82, 2.24) is 4.72 Å². The average Bonchev–Trinajstić information content (AvgIpc) is 2.41. The van der Waals surface area contributed by atoms with E-state index in [1.54, 1.807) is 12.1 Å². The molecule has 0 spiro atoms. The van der Waals surface area contributed by atoms with Crippen LogP contribution in [0.5, 0.6) is 0 Å². The highest BCUT2D eigenvalue weighted by molar-refractivity contribution is 7.98. The molecule has 2 amide bonds. The first-order chi connectivity index (χ1) is 9.15. The van der Waals surface area contributed by atoms with Crippen LogP contribution in [0.25, 0.3) is 0 Å². The van der Waals surface area contributed by atoms with Gasteiger partial charge in [-0.1, -0.05) is 29.8 Å². The lowest BCUT2D eigenvalue weighted by Gasteiger charge is -2.07. The molecule has 0 aliphatic rings. The van der Waals surface area contributed by atoms with Crippen molar-refractivity contribution < 1.29 is 9.18 Å². The highest BCUT2D eigenvalue weighted by Gasteiger charge is 2.05. The number of carbonyl (C=O) groups is 1. The number of hydrogen-bond acceptors (Lipinski definition) is 2. The molecule has 0 atom stereocenters. The Bertz CT molecular complexity index is 572. The lowest BCUT2D eigenvalue weighted by molar-refractivity contribution is 0.257. The van der Waals surface area contributed by atoms with E-state index in [2.05, 4.69) is 10.0 Å². The molecule has 0 fully saturated rings. The Morgan fingerprint density at radius 3 is 2.47 bits per heavy atom. The summed E-state index contributed by atoms with van der Waals surface area (Å²) in [5, 5.41) is 2.45. The normalized spacial score (nSPS) is 10.0. The molecule has 2 rings (SSSR count). The second kappa shape index (κ2) is 6.24. The molecule has 19 heavy (non-hydrogen) atoms. The molecule has 0 aliphatic heterocycles. The second-order valence-electron chi connectivity index (χ2n) is 3.95. The van der Waals surface area contributed by atoms with Crippen LogP contribution in [0.2, 0.25) is 0 Å². The fourth-order valence-corrected chi connectivity index (χ4v) is 1.96. The van der Waals surface area contributed by atoms with Gasteiger partial charge in [-0.15, -0.1) is 0 Å². The van der Waals surface area contributed by atoms with Crippen molar-refractivity contribution in [2.45, 2.75) is 11.8 Å². The maximum atomic E-state index is 13.3. The first-order valence-corrected chi connectivity index (χ1v) is 6.52. The molecule has 2 aromatic rings. The molecule has 3 nitrogen and oxygen atoms in total. The lowest BCUT2D eigenvalue weighted by atomic mass is 10.2. The van der Waals surface area contributed by atoms with Crippen LogP contribution in [-0.4, -0.2) is 6.03 Å². The SMILES string of the molecule is Cc1ccc(SNC(=O)Nc2ccccc2F)cc1. The van der Waals surface area contributed by atoms with Gasteiger partial charge in [-0.25, -0.2) is 9.18 Å². The predicted molar refractivity (Wildman–Crippen MR) is 75.6 cm³/mol. The zero-order chi connectivity index (χ0) is 13.7. The number of urea groups is 1. The number of halogens is 1. The van der Waals surface area contributed by atoms with E-state index in [1.165, 1.54) is 24.1 Å². The first-order valence-electron chi connectivity index (χ1n) is 5.70. The minimum absolute atomic E-state index is 0.157. The van der Waals surface area contributed by atoms with Gasteiger partial charge in [-0.3, -0.25) is 4.72 Å². The summed E-state index contributed by atoms with van der Waals surface area (Å²) in [7, 11) is 0. The van der Waals surface area contributed by atoms with Gasteiger partial charge in [0.1, 0.15) is 5.82 Å². The molecule has 0 bridgehead atoms. The molecule has 2 N–H and O–H groups in total. The number of aryl methyl sites for hydroxylation is 1. The fourth-order valence-electron chi connectivity index (χ4n) is 1.42. The zero-order valence-corrected chi connectivity index (χ0v) is 11.1. The van der Waals surface area contributed by atoms with E-state index in [9.17, 15) is 9.18 Å². The van der Waals surface area contributed by atoms with Gasteiger partial charge >= 0.3 is 6.03 Å². The number of carbonyl (C=O) groups excluding carboxylic acids is 1. The standard InChI is InChI=1S/C14H13FN2OS/c1-10-6-8-11(9-7-10)19-17-14(18)16-13-5-3-2-4-12(13)15/h2-9H,1H3,(H2,16,17,18). The number of benzene rings is 2. The first kappa shape index (κ1) is 13.4. The van der Waals surface area contributed by atoms with E-state index in [0.717, 1.165) is 10.5 Å². The minimum Gasteiger partial charge on any atom is -0.305 e. The van der Waals surface area contributed by atoms with Crippen molar-refractivity contribution >= 4 is 23.7 Å². The van der Waals surface area contributed by atoms with Gasteiger partial charge in [0.05, 0.1) is 5.69 Å². The molecular formula is C14H13FN2OS. The molecule has 98 valence electrons. The zero-order valence-electron chi connectivity index (χ0n) is 10.3. The second-order valence-corrected chi connectivity index (χ2v) is 4.83. The summed E-state index contributed by atoms with van der Waals surface area (Å²) in [6.45, 7) is 1.99. The molecule has 0 radical (unpaired) electrons. The number of nitrogens with one attached hydrogen (secondary N) is 2. The number of rotatable bonds is 3. The van der Waals surface area contributed by atoms with Crippen molar-refractivity contribution in [3.8, 4) is 0 Å². The molecule has 0 unspecified atom stereocenters. The van der Waals surface area contributed by atoms with Gasteiger partial charge < -0.3 is 5.32 Å². The Labute approximate surface area is 115 Å². The quantitative estimate of drug-likeness (QED) is 0.833.